The number of ether oxygens (including phenoxy) is 1. The Kier molecular flexibility index (Phi) is 12.6. The maximum Gasteiger partial charge on any atom is 0.411 e. The molecule has 1 aliphatic carbocycles. The molecule has 2 bridgehead atoms. The number of fused-ring (bicyclic) bond motifs is 4. The number of carbonyl (C=O) groups is 3. The fraction of sp³-hybridized carbons (Fsp3) is 0.429. The Balaban J connectivity index is 0.00000121. The summed E-state index contributed by atoms with van der Waals surface area (Å²) in [6.45, 7) is 0. The Labute approximate surface area is 224 Å². The molecule has 10 nitrogen and oxygen atoms in total. The van der Waals surface area contributed by atoms with Crippen LogP contribution in [-0.2, 0) is 14.3 Å². The molecule has 1 aromatic heterocycles. The summed E-state index contributed by atoms with van der Waals surface area (Å²) in [5, 5.41) is 8.74. The molecule has 10 heteroatoms. The smallest absolute Gasteiger partial charge is 0.411 e. The second-order valence-electron chi connectivity index (χ2n) is 8.75. The molecule has 0 spiro atoms. The third-order valence-electron chi connectivity index (χ3n) is 6.31. The van der Waals surface area contributed by atoms with E-state index in [0.29, 0.717) is 42.2 Å². The number of imidazole rings is 1. The van der Waals surface area contributed by atoms with Crippen molar-refractivity contribution >= 4 is 29.3 Å². The molecule has 0 unspecified atom stereocenters. The Bertz CT molecular complexity index is 1120. The van der Waals surface area contributed by atoms with E-state index in [4.69, 9.17) is 0 Å². The first kappa shape index (κ1) is 30.1. The highest BCUT2D eigenvalue weighted by molar-refractivity contribution is 5.97. The summed E-state index contributed by atoms with van der Waals surface area (Å²) in [6, 6.07) is 4.92. The highest BCUT2D eigenvalue weighted by Crippen LogP contribution is 2.32. The van der Waals surface area contributed by atoms with Crippen molar-refractivity contribution in [2.24, 2.45) is 11.7 Å². The van der Waals surface area contributed by atoms with Crippen molar-refractivity contribution in [1.82, 2.24) is 15.3 Å². The molecule has 2 aliphatic rings. The monoisotopic (exact) mass is 522 g/mol. The Morgan fingerprint density at radius 1 is 1.13 bits per heavy atom. The lowest BCUT2D eigenvalue weighted by Crippen LogP contribution is -2.35. The number of nitrogens with one attached hydrogen (secondary N) is 4. The minimum Gasteiger partial charge on any atom is -0.453 e. The molecule has 38 heavy (non-hydrogen) atoms. The van der Waals surface area contributed by atoms with E-state index in [1.54, 1.807) is 24.4 Å². The second kappa shape index (κ2) is 15.9. The Morgan fingerprint density at radius 3 is 2.58 bits per heavy atom. The molecule has 2 aromatic rings. The molecule has 0 saturated heterocycles. The predicted octanol–water partition coefficient (Wildman–Crippen LogP) is 4.50. The van der Waals surface area contributed by atoms with Gasteiger partial charge in [0.2, 0.25) is 11.8 Å². The zero-order valence-electron chi connectivity index (χ0n) is 22.1. The zero-order valence-corrected chi connectivity index (χ0v) is 22.1. The molecule has 1 fully saturated rings. The number of nitrogens with two attached hydrogens (primary N) is 1. The van der Waals surface area contributed by atoms with Crippen molar-refractivity contribution in [3.05, 3.63) is 42.4 Å². The highest BCUT2D eigenvalue weighted by Gasteiger charge is 2.25. The van der Waals surface area contributed by atoms with Crippen molar-refractivity contribution in [3.8, 4) is 24.1 Å². The zero-order chi connectivity index (χ0) is 27.9. The van der Waals surface area contributed by atoms with Crippen LogP contribution in [0.2, 0.25) is 0 Å². The third kappa shape index (κ3) is 8.49. The normalized spacial score (nSPS) is 18.0. The number of anilines is 2. The van der Waals surface area contributed by atoms with Gasteiger partial charge in [0, 0.05) is 23.6 Å². The van der Waals surface area contributed by atoms with Crippen LogP contribution in [0.3, 0.4) is 0 Å². The number of H-pyrrole nitrogens is 1. The van der Waals surface area contributed by atoms with Crippen LogP contribution in [-0.4, -0.2) is 42.0 Å². The van der Waals surface area contributed by atoms with Gasteiger partial charge in [0.25, 0.3) is 0 Å². The molecule has 204 valence electrons. The van der Waals surface area contributed by atoms with E-state index in [1.807, 2.05) is 12.2 Å². The van der Waals surface area contributed by atoms with Crippen molar-refractivity contribution < 1.29 is 19.1 Å². The summed E-state index contributed by atoms with van der Waals surface area (Å²) in [5.74, 6) is 0.663. The summed E-state index contributed by atoms with van der Waals surface area (Å²) in [7, 11) is 2.79. The van der Waals surface area contributed by atoms with Crippen LogP contribution in [0.1, 0.15) is 63.2 Å². The summed E-state index contributed by atoms with van der Waals surface area (Å²) in [5.41, 5.74) is 6.97. The minimum absolute atomic E-state index is 0.0556. The summed E-state index contributed by atoms with van der Waals surface area (Å²) < 4.78 is 4.66. The number of hydrogen-bond acceptors (Lipinski definition) is 6. The number of nitrogens with zero attached hydrogens (tertiary/aromatic N) is 1. The van der Waals surface area contributed by atoms with Gasteiger partial charge >= 0.3 is 6.09 Å². The molecule has 1 aromatic carbocycles. The topological polar surface area (TPSA) is 151 Å². The van der Waals surface area contributed by atoms with E-state index in [9.17, 15) is 14.4 Å². The van der Waals surface area contributed by atoms with Crippen LogP contribution in [0.25, 0.3) is 11.3 Å². The number of methoxy groups -OCH3 is 1. The number of allylic oxidation sites excluding steroid dienone is 1. The number of aromatic amines is 1. The van der Waals surface area contributed by atoms with Crippen LogP contribution in [0, 0.1) is 18.8 Å². The summed E-state index contributed by atoms with van der Waals surface area (Å²) in [4.78, 5) is 45.0. The predicted molar refractivity (Wildman–Crippen MR) is 149 cm³/mol. The van der Waals surface area contributed by atoms with Crippen LogP contribution < -0.4 is 21.7 Å². The molecule has 2 heterocycles. The van der Waals surface area contributed by atoms with Crippen molar-refractivity contribution in [1.29, 1.82) is 0 Å². The number of terminal acetylenes is 1. The molecule has 6 N–H and O–H groups in total. The molecule has 0 radical (unpaired) electrons. The van der Waals surface area contributed by atoms with Gasteiger partial charge in [-0.1, -0.05) is 31.4 Å². The molecule has 1 atom stereocenters. The van der Waals surface area contributed by atoms with Gasteiger partial charge in [-0.15, -0.1) is 12.8 Å². The molecule has 4 rings (SSSR count). The van der Waals surface area contributed by atoms with Gasteiger partial charge in [-0.3, -0.25) is 14.9 Å². The maximum atomic E-state index is 12.9. The Morgan fingerprint density at radius 2 is 1.87 bits per heavy atom. The first-order valence-corrected chi connectivity index (χ1v) is 12.7. The number of carbonyl (C=O) groups excluding carboxylic acids is 3. The van der Waals surface area contributed by atoms with Gasteiger partial charge in [-0.25, -0.2) is 9.78 Å². The summed E-state index contributed by atoms with van der Waals surface area (Å²) >= 11 is 0. The van der Waals surface area contributed by atoms with Gasteiger partial charge < -0.3 is 26.1 Å². The largest absolute Gasteiger partial charge is 0.453 e. The van der Waals surface area contributed by atoms with E-state index in [0.717, 1.165) is 31.2 Å². The lowest BCUT2D eigenvalue weighted by Gasteiger charge is -2.23. The van der Waals surface area contributed by atoms with E-state index in [-0.39, 0.29) is 23.8 Å². The molecule has 1 saturated carbocycles. The van der Waals surface area contributed by atoms with Crippen LogP contribution >= 0.6 is 0 Å². The molecule has 3 amide bonds. The fourth-order valence-corrected chi connectivity index (χ4v) is 4.45. The summed E-state index contributed by atoms with van der Waals surface area (Å²) in [6.07, 6.45) is 19.8. The maximum absolute atomic E-state index is 12.9. The number of rotatable bonds is 3. The quantitative estimate of drug-likeness (QED) is 0.296. The lowest BCUT2D eigenvalue weighted by molar-refractivity contribution is -0.126. The number of amides is 3. The van der Waals surface area contributed by atoms with Gasteiger partial charge in [0.05, 0.1) is 30.7 Å². The second-order valence-corrected chi connectivity index (χ2v) is 8.75. The van der Waals surface area contributed by atoms with Crippen molar-refractivity contribution in [2.75, 3.05) is 24.8 Å². The lowest BCUT2D eigenvalue weighted by atomic mass is 9.88. The fourth-order valence-electron chi connectivity index (χ4n) is 4.45. The van der Waals surface area contributed by atoms with Crippen LogP contribution in [0.4, 0.5) is 16.2 Å². The highest BCUT2D eigenvalue weighted by atomic mass is 16.5. The van der Waals surface area contributed by atoms with E-state index < -0.39 is 6.09 Å². The first-order chi connectivity index (χ1) is 18.5. The average molecular weight is 523 g/mol. The average Bonchev–Trinajstić information content (AvgIpc) is 3.44. The van der Waals surface area contributed by atoms with Crippen LogP contribution in [0.5, 0.6) is 0 Å². The molecular formula is C28H38N6O4. The van der Waals surface area contributed by atoms with Crippen molar-refractivity contribution in [2.45, 2.75) is 57.4 Å². The molecular weight excluding hydrogens is 484 g/mol. The SMILES string of the molecule is C#C.CN.COC(=O)Nc1ccc2c(c1)NC(=O)CC/C=C/C[C@H](NC(=O)C1CCCCC1)c1ncc-2[nH]1. The van der Waals surface area contributed by atoms with Gasteiger partial charge in [-0.2, -0.15) is 0 Å². The number of hydrogen-bond donors (Lipinski definition) is 5. The van der Waals surface area contributed by atoms with Gasteiger partial charge in [0.1, 0.15) is 5.82 Å². The van der Waals surface area contributed by atoms with Gasteiger partial charge in [0.15, 0.2) is 0 Å². The van der Waals surface area contributed by atoms with E-state index in [2.05, 4.69) is 49.2 Å². The third-order valence-corrected chi connectivity index (χ3v) is 6.31. The standard InChI is InChI=1S/C25H31N5O4.C2H2.CH5N/c1-34-25(33)27-17-12-13-18-20(14-17)28-22(31)11-7-3-6-10-19(23-26-15-21(18)29-23)30-24(32)16-8-4-2-5-9-16;2*1-2/h3,6,12-16,19H,2,4-5,7-11H2,1H3,(H,26,29)(H,27,33)(H,28,31)(H,30,32);1-2H;2H2,1H3/b6-3+;;/t19-;;/m0../s1. The minimum atomic E-state index is -0.596. The van der Waals surface area contributed by atoms with Crippen LogP contribution in [0.15, 0.2) is 36.5 Å². The molecule has 1 aliphatic heterocycles. The number of aromatic nitrogens is 2. The van der Waals surface area contributed by atoms with E-state index in [1.165, 1.54) is 20.6 Å². The van der Waals surface area contributed by atoms with E-state index >= 15 is 0 Å². The number of benzene rings is 1. The first-order valence-electron chi connectivity index (χ1n) is 12.7. The van der Waals surface area contributed by atoms with Crippen molar-refractivity contribution in [3.63, 3.8) is 0 Å². The Hall–Kier alpha value is -4.10. The van der Waals surface area contributed by atoms with Gasteiger partial charge in [-0.05, 0) is 50.9 Å².